The molecule has 2 aliphatic rings. The van der Waals surface area contributed by atoms with Crippen LogP contribution in [-0.4, -0.2) is 52.2 Å². The standard InChI is InChI=1S/C23H23F5N6O2/c1-35-19-8-15(6-7-29-19)33-10-13-2-3-14(11-33)20(13)30-21-31-22(34(32-21)12-23(26,27)28)36-16-4-5-17(24)18(25)9-16/h4-9,13-14,20H,2-3,10-12H2,1H3,(H,30,32)/t13-,14+,20-. The van der Waals surface area contributed by atoms with Crippen molar-refractivity contribution in [3.05, 3.63) is 48.2 Å². The Morgan fingerprint density at radius 3 is 2.47 bits per heavy atom. The fourth-order valence-electron chi connectivity index (χ4n) is 4.91. The van der Waals surface area contributed by atoms with E-state index in [4.69, 9.17) is 9.47 Å². The average molecular weight is 510 g/mol. The summed E-state index contributed by atoms with van der Waals surface area (Å²) < 4.78 is 77.3. The summed E-state index contributed by atoms with van der Waals surface area (Å²) in [6.45, 7) is 0.0292. The van der Waals surface area contributed by atoms with Crippen LogP contribution in [0.5, 0.6) is 17.6 Å². The van der Waals surface area contributed by atoms with Crippen molar-refractivity contribution in [3.8, 4) is 17.6 Å². The minimum atomic E-state index is -4.59. The number of hydrogen-bond donors (Lipinski definition) is 1. The molecule has 3 atom stereocenters. The number of rotatable bonds is 7. The van der Waals surface area contributed by atoms with Crippen molar-refractivity contribution < 1.29 is 31.4 Å². The highest BCUT2D eigenvalue weighted by Crippen LogP contribution is 2.40. The summed E-state index contributed by atoms with van der Waals surface area (Å²) in [4.78, 5) is 10.5. The number of ether oxygens (including phenoxy) is 2. The van der Waals surface area contributed by atoms with Crippen molar-refractivity contribution in [3.63, 3.8) is 0 Å². The lowest BCUT2D eigenvalue weighted by Gasteiger charge is -2.39. The zero-order valence-electron chi connectivity index (χ0n) is 19.2. The van der Waals surface area contributed by atoms with Gasteiger partial charge in [0.15, 0.2) is 11.6 Å². The molecule has 13 heteroatoms. The van der Waals surface area contributed by atoms with Gasteiger partial charge in [-0.15, -0.1) is 5.10 Å². The number of methoxy groups -OCH3 is 1. The maximum atomic E-state index is 13.6. The van der Waals surface area contributed by atoms with Gasteiger partial charge in [-0.1, -0.05) is 0 Å². The van der Waals surface area contributed by atoms with Gasteiger partial charge in [-0.3, -0.25) is 0 Å². The van der Waals surface area contributed by atoms with Gasteiger partial charge in [-0.2, -0.15) is 18.2 Å². The molecule has 2 aromatic heterocycles. The molecule has 0 radical (unpaired) electrons. The summed E-state index contributed by atoms with van der Waals surface area (Å²) in [6.07, 6.45) is -1.01. The molecule has 1 aliphatic heterocycles. The van der Waals surface area contributed by atoms with Crippen LogP contribution in [0.15, 0.2) is 36.5 Å². The number of nitrogens with one attached hydrogen (secondary N) is 1. The number of hydrogen-bond acceptors (Lipinski definition) is 7. The van der Waals surface area contributed by atoms with E-state index in [0.717, 1.165) is 49.8 Å². The van der Waals surface area contributed by atoms with Crippen LogP contribution < -0.4 is 19.7 Å². The zero-order valence-corrected chi connectivity index (χ0v) is 19.2. The number of piperidine rings is 1. The molecule has 36 heavy (non-hydrogen) atoms. The third kappa shape index (κ3) is 5.14. The minimum Gasteiger partial charge on any atom is -0.481 e. The number of pyridine rings is 1. The fraction of sp³-hybridized carbons (Fsp3) is 0.435. The average Bonchev–Trinajstić information content (AvgIpc) is 3.29. The van der Waals surface area contributed by atoms with Crippen LogP contribution in [0.25, 0.3) is 0 Å². The van der Waals surface area contributed by atoms with Gasteiger partial charge in [0.2, 0.25) is 11.8 Å². The highest BCUT2D eigenvalue weighted by Gasteiger charge is 2.43. The molecule has 2 bridgehead atoms. The lowest BCUT2D eigenvalue weighted by Crippen LogP contribution is -2.48. The summed E-state index contributed by atoms with van der Waals surface area (Å²) in [5.74, 6) is -1.55. The van der Waals surface area contributed by atoms with Crippen LogP contribution in [0.3, 0.4) is 0 Å². The zero-order chi connectivity index (χ0) is 25.4. The van der Waals surface area contributed by atoms with E-state index in [-0.39, 0.29) is 29.6 Å². The number of fused-ring (bicyclic) bond motifs is 2. The van der Waals surface area contributed by atoms with E-state index in [1.165, 1.54) is 0 Å². The number of benzene rings is 1. The molecular weight excluding hydrogens is 487 g/mol. The number of alkyl halides is 3. The van der Waals surface area contributed by atoms with E-state index in [2.05, 4.69) is 25.3 Å². The lowest BCUT2D eigenvalue weighted by atomic mass is 9.92. The third-order valence-electron chi connectivity index (χ3n) is 6.49. The highest BCUT2D eigenvalue weighted by molar-refractivity contribution is 5.49. The Kier molecular flexibility index (Phi) is 6.31. The Balaban J connectivity index is 1.34. The summed E-state index contributed by atoms with van der Waals surface area (Å²) in [5.41, 5.74) is 0.993. The van der Waals surface area contributed by atoms with Gasteiger partial charge in [-0.25, -0.2) is 18.4 Å². The molecular formula is C23H23F5N6O2. The first kappa shape index (κ1) is 24.1. The van der Waals surface area contributed by atoms with Crippen LogP contribution in [0.2, 0.25) is 0 Å². The molecule has 3 aromatic rings. The van der Waals surface area contributed by atoms with E-state index in [1.807, 2.05) is 12.1 Å². The Morgan fingerprint density at radius 1 is 1.06 bits per heavy atom. The summed E-state index contributed by atoms with van der Waals surface area (Å²) in [6, 6.07) is 5.92. The van der Waals surface area contributed by atoms with Crippen molar-refractivity contribution >= 4 is 11.6 Å². The predicted molar refractivity (Wildman–Crippen MR) is 119 cm³/mol. The third-order valence-corrected chi connectivity index (χ3v) is 6.49. The second kappa shape index (κ2) is 9.43. The molecule has 3 heterocycles. The molecule has 1 saturated heterocycles. The Hall–Kier alpha value is -3.64. The van der Waals surface area contributed by atoms with Crippen LogP contribution in [0.1, 0.15) is 12.8 Å². The van der Waals surface area contributed by atoms with Gasteiger partial charge >= 0.3 is 12.2 Å². The van der Waals surface area contributed by atoms with Gasteiger partial charge in [0, 0.05) is 43.1 Å². The van der Waals surface area contributed by atoms with Gasteiger partial charge in [0.05, 0.1) is 7.11 Å². The second-order valence-electron chi connectivity index (χ2n) is 8.90. The molecule has 1 saturated carbocycles. The lowest BCUT2D eigenvalue weighted by molar-refractivity contribution is -0.143. The quantitative estimate of drug-likeness (QED) is 0.464. The number of halogens is 5. The van der Waals surface area contributed by atoms with E-state index in [0.29, 0.717) is 10.6 Å². The summed E-state index contributed by atoms with van der Waals surface area (Å²) in [7, 11) is 1.56. The molecule has 8 nitrogen and oxygen atoms in total. The van der Waals surface area contributed by atoms with Crippen LogP contribution >= 0.6 is 0 Å². The molecule has 0 spiro atoms. The van der Waals surface area contributed by atoms with E-state index < -0.39 is 30.4 Å². The maximum absolute atomic E-state index is 13.6. The summed E-state index contributed by atoms with van der Waals surface area (Å²) in [5, 5.41) is 7.17. The normalized spacial score (nSPS) is 21.5. The Bertz CT molecular complexity index is 1220. The Labute approximate surface area is 203 Å². The molecule has 2 fully saturated rings. The van der Waals surface area contributed by atoms with E-state index in [1.54, 1.807) is 13.3 Å². The van der Waals surface area contributed by atoms with E-state index in [9.17, 15) is 22.0 Å². The number of nitrogens with zero attached hydrogens (tertiary/aromatic N) is 5. The van der Waals surface area contributed by atoms with Gasteiger partial charge in [0.25, 0.3) is 0 Å². The first-order valence-electron chi connectivity index (χ1n) is 11.3. The van der Waals surface area contributed by atoms with Crippen LogP contribution in [0, 0.1) is 23.5 Å². The van der Waals surface area contributed by atoms with Crippen molar-refractivity contribution in [1.29, 1.82) is 0 Å². The van der Waals surface area contributed by atoms with E-state index >= 15 is 0 Å². The molecule has 1 aromatic carbocycles. The highest BCUT2D eigenvalue weighted by atomic mass is 19.4. The first-order chi connectivity index (χ1) is 17.2. The largest absolute Gasteiger partial charge is 0.481 e. The van der Waals surface area contributed by atoms with Gasteiger partial charge in [0.1, 0.15) is 12.3 Å². The molecule has 192 valence electrons. The Morgan fingerprint density at radius 2 is 1.81 bits per heavy atom. The van der Waals surface area contributed by atoms with Crippen molar-refractivity contribution in [1.82, 2.24) is 19.7 Å². The second-order valence-corrected chi connectivity index (χ2v) is 8.90. The molecule has 0 amide bonds. The molecule has 5 rings (SSSR count). The number of aromatic nitrogens is 4. The smallest absolute Gasteiger partial charge is 0.408 e. The van der Waals surface area contributed by atoms with Crippen molar-refractivity contribution in [2.24, 2.45) is 11.8 Å². The van der Waals surface area contributed by atoms with Crippen molar-refractivity contribution in [2.45, 2.75) is 31.6 Å². The minimum absolute atomic E-state index is 0.0160. The maximum Gasteiger partial charge on any atom is 0.408 e. The fourth-order valence-corrected chi connectivity index (χ4v) is 4.91. The summed E-state index contributed by atoms with van der Waals surface area (Å²) >= 11 is 0. The topological polar surface area (TPSA) is 77.3 Å². The predicted octanol–water partition coefficient (Wildman–Crippen LogP) is 4.64. The number of anilines is 2. The van der Waals surface area contributed by atoms with Crippen LogP contribution in [-0.2, 0) is 6.54 Å². The molecule has 0 unspecified atom stereocenters. The first-order valence-corrected chi connectivity index (χ1v) is 11.3. The molecule has 1 N–H and O–H groups in total. The van der Waals surface area contributed by atoms with Gasteiger partial charge < -0.3 is 19.7 Å². The SMILES string of the molecule is COc1cc(N2C[C@H]3CC[C@@H](C2)[C@@H]3Nc2nc(Oc3ccc(F)c(F)c3)n(CC(F)(F)F)n2)ccn1. The van der Waals surface area contributed by atoms with Crippen molar-refractivity contribution in [2.75, 3.05) is 30.4 Å². The van der Waals surface area contributed by atoms with Crippen LogP contribution in [0.4, 0.5) is 33.6 Å². The monoisotopic (exact) mass is 510 g/mol. The molecule has 1 aliphatic carbocycles. The van der Waals surface area contributed by atoms with Gasteiger partial charge in [-0.05, 0) is 42.9 Å².